The Bertz CT molecular complexity index is 1050. The zero-order valence-corrected chi connectivity index (χ0v) is 17.1. The molecule has 0 unspecified atom stereocenters. The molecular weight excluding hydrogens is 409 g/mol. The molecule has 2 aromatic carbocycles. The van der Waals surface area contributed by atoms with E-state index in [1.54, 1.807) is 24.3 Å². The van der Waals surface area contributed by atoms with Crippen LogP contribution in [-0.4, -0.2) is 52.6 Å². The first-order valence-corrected chi connectivity index (χ1v) is 9.14. The molecule has 0 aliphatic carbocycles. The number of esters is 3. The van der Waals surface area contributed by atoms with E-state index < -0.39 is 23.7 Å². The van der Waals surface area contributed by atoms with Gasteiger partial charge in [-0.15, -0.1) is 0 Å². The van der Waals surface area contributed by atoms with E-state index in [9.17, 15) is 18.8 Å². The Kier molecular flexibility index (Phi) is 6.66. The van der Waals surface area contributed by atoms with Gasteiger partial charge < -0.3 is 23.8 Å². The number of halogens is 1. The van der Waals surface area contributed by atoms with Gasteiger partial charge in [-0.05, 0) is 41.5 Å². The first-order valence-electron chi connectivity index (χ1n) is 9.14. The van der Waals surface area contributed by atoms with Crippen molar-refractivity contribution >= 4 is 23.6 Å². The number of methoxy groups -OCH3 is 3. The largest absolute Gasteiger partial charge is 0.466 e. The summed E-state index contributed by atoms with van der Waals surface area (Å²) >= 11 is 0. The highest BCUT2D eigenvalue weighted by atomic mass is 19.1. The number of carbonyl (C=O) groups is 3. The van der Waals surface area contributed by atoms with E-state index >= 15 is 0 Å². The molecule has 0 aromatic heterocycles. The minimum absolute atomic E-state index is 0.0106. The van der Waals surface area contributed by atoms with Crippen LogP contribution in [-0.2, 0) is 28.5 Å². The Morgan fingerprint density at radius 1 is 0.871 bits per heavy atom. The number of rotatable bonds is 5. The summed E-state index contributed by atoms with van der Waals surface area (Å²) in [5, 5.41) is 0. The highest BCUT2D eigenvalue weighted by Crippen LogP contribution is 2.30. The van der Waals surface area contributed by atoms with Crippen LogP contribution in [0.2, 0.25) is 0 Å². The van der Waals surface area contributed by atoms with Gasteiger partial charge in [0, 0.05) is 5.69 Å². The van der Waals surface area contributed by atoms with Crippen LogP contribution in [0.5, 0.6) is 0 Å². The molecule has 162 valence electrons. The van der Waals surface area contributed by atoms with E-state index in [-0.39, 0.29) is 30.2 Å². The van der Waals surface area contributed by atoms with E-state index in [1.165, 1.54) is 38.4 Å². The maximum Gasteiger partial charge on any atom is 0.355 e. The van der Waals surface area contributed by atoms with Crippen LogP contribution in [0.4, 0.5) is 10.1 Å². The topological polar surface area (TPSA) is 91.4 Å². The van der Waals surface area contributed by atoms with Gasteiger partial charge in [0.15, 0.2) is 0 Å². The van der Waals surface area contributed by atoms with Crippen LogP contribution < -0.4 is 4.90 Å². The Balaban J connectivity index is 1.99. The molecule has 0 saturated heterocycles. The molecule has 1 aliphatic heterocycles. The van der Waals surface area contributed by atoms with Crippen molar-refractivity contribution in [2.24, 2.45) is 0 Å². The average Bonchev–Trinajstić information content (AvgIpc) is 2.81. The van der Waals surface area contributed by atoms with Crippen LogP contribution >= 0.6 is 0 Å². The molecule has 31 heavy (non-hydrogen) atoms. The molecule has 3 rings (SSSR count). The van der Waals surface area contributed by atoms with E-state index in [4.69, 9.17) is 14.2 Å². The molecule has 0 amide bonds. The van der Waals surface area contributed by atoms with Gasteiger partial charge in [0.1, 0.15) is 18.2 Å². The minimum atomic E-state index is -0.708. The van der Waals surface area contributed by atoms with Gasteiger partial charge in [-0.1, -0.05) is 12.1 Å². The van der Waals surface area contributed by atoms with Gasteiger partial charge in [-0.3, -0.25) is 0 Å². The standard InChI is InChI=1S/C22H20FNO7/c1-28-20(25)15-8-14(9-16(23)10-15)13-4-6-17(7-5-13)24-12-31-11-18(21(26)29-2)19(24)22(27)30-3/h4-10H,11-12H2,1-3H3. The minimum Gasteiger partial charge on any atom is -0.466 e. The molecule has 0 N–H and O–H groups in total. The number of hydrogen-bond donors (Lipinski definition) is 0. The molecule has 8 nitrogen and oxygen atoms in total. The van der Waals surface area contributed by atoms with Gasteiger partial charge in [0.05, 0.1) is 39.1 Å². The average molecular weight is 429 g/mol. The summed E-state index contributed by atoms with van der Waals surface area (Å²) in [5.41, 5.74) is 1.79. The highest BCUT2D eigenvalue weighted by Gasteiger charge is 2.32. The highest BCUT2D eigenvalue weighted by molar-refractivity contribution is 6.03. The number of anilines is 1. The van der Waals surface area contributed by atoms with Crippen molar-refractivity contribution in [1.82, 2.24) is 0 Å². The monoisotopic (exact) mass is 429 g/mol. The van der Waals surface area contributed by atoms with Gasteiger partial charge >= 0.3 is 17.9 Å². The Morgan fingerprint density at radius 3 is 2.13 bits per heavy atom. The third-order valence-corrected chi connectivity index (χ3v) is 4.66. The summed E-state index contributed by atoms with van der Waals surface area (Å²) < 4.78 is 33.6. The van der Waals surface area contributed by atoms with Crippen LogP contribution in [0, 0.1) is 5.82 Å². The van der Waals surface area contributed by atoms with Crippen molar-refractivity contribution in [3.8, 4) is 11.1 Å². The lowest BCUT2D eigenvalue weighted by Crippen LogP contribution is -2.38. The lowest BCUT2D eigenvalue weighted by Gasteiger charge is -2.31. The van der Waals surface area contributed by atoms with Gasteiger partial charge in [-0.2, -0.15) is 0 Å². The van der Waals surface area contributed by atoms with Crippen LogP contribution in [0.1, 0.15) is 10.4 Å². The number of ether oxygens (including phenoxy) is 4. The van der Waals surface area contributed by atoms with Crippen molar-refractivity contribution in [3.05, 3.63) is 65.1 Å². The van der Waals surface area contributed by atoms with Crippen LogP contribution in [0.15, 0.2) is 53.7 Å². The van der Waals surface area contributed by atoms with Gasteiger partial charge in [0.25, 0.3) is 0 Å². The maximum absolute atomic E-state index is 14.0. The summed E-state index contributed by atoms with van der Waals surface area (Å²) in [4.78, 5) is 37.7. The zero-order valence-electron chi connectivity index (χ0n) is 17.1. The number of benzene rings is 2. The predicted octanol–water partition coefficient (Wildman–Crippen LogP) is 2.67. The van der Waals surface area contributed by atoms with Crippen molar-refractivity contribution in [2.75, 3.05) is 39.6 Å². The molecule has 0 radical (unpaired) electrons. The summed E-state index contributed by atoms with van der Waals surface area (Å²) in [6.45, 7) is -0.0813. The van der Waals surface area contributed by atoms with Gasteiger partial charge in [0.2, 0.25) is 0 Å². The first kappa shape index (κ1) is 22.0. The third-order valence-electron chi connectivity index (χ3n) is 4.66. The fourth-order valence-corrected chi connectivity index (χ4v) is 3.17. The molecule has 0 saturated carbocycles. The van der Waals surface area contributed by atoms with Crippen molar-refractivity contribution < 1.29 is 37.7 Å². The van der Waals surface area contributed by atoms with Crippen LogP contribution in [0.3, 0.4) is 0 Å². The van der Waals surface area contributed by atoms with Crippen molar-refractivity contribution in [3.63, 3.8) is 0 Å². The molecule has 0 fully saturated rings. The summed E-state index contributed by atoms with van der Waals surface area (Å²) in [6.07, 6.45) is 0. The Hall–Kier alpha value is -3.72. The van der Waals surface area contributed by atoms with Crippen molar-refractivity contribution in [1.29, 1.82) is 0 Å². The molecule has 0 atom stereocenters. The fourth-order valence-electron chi connectivity index (χ4n) is 3.17. The maximum atomic E-state index is 14.0. The quantitative estimate of drug-likeness (QED) is 0.529. The molecule has 1 aliphatic rings. The first-order chi connectivity index (χ1) is 14.9. The zero-order chi connectivity index (χ0) is 22.5. The second-order valence-electron chi connectivity index (χ2n) is 6.48. The lowest BCUT2D eigenvalue weighted by molar-refractivity contribution is -0.140. The fraction of sp³-hybridized carbons (Fsp3) is 0.227. The van der Waals surface area contributed by atoms with E-state index in [2.05, 4.69) is 4.74 Å². The SMILES string of the molecule is COC(=O)C1=C(C(=O)OC)N(c2ccc(-c3cc(F)cc(C(=O)OC)c3)cc2)COC1. The summed E-state index contributed by atoms with van der Waals surface area (Å²) in [6, 6.07) is 10.6. The van der Waals surface area contributed by atoms with Crippen molar-refractivity contribution in [2.45, 2.75) is 0 Å². The second-order valence-corrected chi connectivity index (χ2v) is 6.48. The predicted molar refractivity (Wildman–Crippen MR) is 108 cm³/mol. The lowest BCUT2D eigenvalue weighted by atomic mass is 10.0. The van der Waals surface area contributed by atoms with Crippen LogP contribution in [0.25, 0.3) is 11.1 Å². The Labute approximate surface area is 177 Å². The number of carbonyl (C=O) groups excluding carboxylic acids is 3. The normalized spacial score (nSPS) is 13.6. The van der Waals surface area contributed by atoms with E-state index in [0.29, 0.717) is 16.8 Å². The molecule has 9 heteroatoms. The summed E-state index contributed by atoms with van der Waals surface area (Å²) in [5.74, 6) is -2.63. The second kappa shape index (κ2) is 9.40. The van der Waals surface area contributed by atoms with E-state index in [0.717, 1.165) is 6.07 Å². The van der Waals surface area contributed by atoms with Gasteiger partial charge in [-0.25, -0.2) is 18.8 Å². The molecule has 1 heterocycles. The third kappa shape index (κ3) is 4.56. The number of nitrogens with zero attached hydrogens (tertiary/aromatic N) is 1. The van der Waals surface area contributed by atoms with E-state index in [1.807, 2.05) is 0 Å². The molecule has 0 spiro atoms. The molecule has 0 bridgehead atoms. The number of hydrogen-bond acceptors (Lipinski definition) is 8. The smallest absolute Gasteiger partial charge is 0.355 e. The molecule has 2 aromatic rings. The Morgan fingerprint density at radius 2 is 1.52 bits per heavy atom. The summed E-state index contributed by atoms with van der Waals surface area (Å²) in [7, 11) is 3.64. The molecular formula is C22H20FNO7.